The van der Waals surface area contributed by atoms with Gasteiger partial charge in [-0.15, -0.1) is 0 Å². The van der Waals surface area contributed by atoms with Crippen LogP contribution in [0.5, 0.6) is 0 Å². The molecule has 1 saturated heterocycles. The van der Waals surface area contributed by atoms with Crippen LogP contribution in [-0.2, 0) is 16.1 Å². The molecule has 2 heterocycles. The minimum atomic E-state index is -0.421. The summed E-state index contributed by atoms with van der Waals surface area (Å²) in [6.45, 7) is 5.00. The lowest BCUT2D eigenvalue weighted by Crippen LogP contribution is -2.30. The number of hydrogen-bond donors (Lipinski definition) is 1. The Morgan fingerprint density at radius 2 is 2.03 bits per heavy atom. The first-order valence-corrected chi connectivity index (χ1v) is 11.0. The van der Waals surface area contributed by atoms with Crippen LogP contribution in [-0.4, -0.2) is 33.4 Å². The van der Waals surface area contributed by atoms with Gasteiger partial charge >= 0.3 is 0 Å². The fourth-order valence-electron chi connectivity index (χ4n) is 3.48. The van der Waals surface area contributed by atoms with Crippen molar-refractivity contribution in [2.75, 3.05) is 11.9 Å². The molecular weight excluding hydrogens is 398 g/mol. The molecule has 1 aromatic heterocycles. The predicted octanol–water partition coefficient (Wildman–Crippen LogP) is 4.00. The van der Waals surface area contributed by atoms with E-state index in [1.54, 1.807) is 10.6 Å². The first kappa shape index (κ1) is 20.6. The summed E-state index contributed by atoms with van der Waals surface area (Å²) in [6, 6.07) is 15.0. The smallest absolute Gasteiger partial charge is 0.262 e. The minimum absolute atomic E-state index is 0.00158. The Labute approximate surface area is 179 Å². The quantitative estimate of drug-likeness (QED) is 0.479. The van der Waals surface area contributed by atoms with Crippen LogP contribution in [0, 0.1) is 6.92 Å². The largest absolute Gasteiger partial charge is 0.376 e. The van der Waals surface area contributed by atoms with Crippen LogP contribution in [0.4, 0.5) is 5.69 Å². The van der Waals surface area contributed by atoms with Gasteiger partial charge in [0, 0.05) is 12.3 Å². The zero-order valence-corrected chi connectivity index (χ0v) is 17.9. The number of amides is 1. The first-order chi connectivity index (χ1) is 14.5. The lowest BCUT2D eigenvalue weighted by molar-refractivity contribution is -0.115. The molecule has 3 aromatic rings. The summed E-state index contributed by atoms with van der Waals surface area (Å²) >= 11 is 1.30. The van der Waals surface area contributed by atoms with Crippen molar-refractivity contribution < 1.29 is 9.53 Å². The molecule has 1 aliphatic heterocycles. The van der Waals surface area contributed by atoms with Gasteiger partial charge in [-0.05, 0) is 51.0 Å². The zero-order valence-electron chi connectivity index (χ0n) is 17.1. The maximum Gasteiger partial charge on any atom is 0.262 e. The van der Waals surface area contributed by atoms with Gasteiger partial charge in [0.25, 0.3) is 5.56 Å². The summed E-state index contributed by atoms with van der Waals surface area (Å²) in [5.41, 5.74) is 2.43. The summed E-state index contributed by atoms with van der Waals surface area (Å²) in [4.78, 5) is 30.6. The van der Waals surface area contributed by atoms with E-state index in [-0.39, 0.29) is 17.6 Å². The number of carbonyl (C=O) groups excluding carboxylic acids is 1. The van der Waals surface area contributed by atoms with Gasteiger partial charge in [0.05, 0.1) is 28.8 Å². The highest BCUT2D eigenvalue weighted by Gasteiger charge is 2.23. The molecule has 2 atom stereocenters. The first-order valence-electron chi connectivity index (χ1n) is 10.2. The monoisotopic (exact) mass is 423 g/mol. The average molecular weight is 424 g/mol. The van der Waals surface area contributed by atoms with Crippen molar-refractivity contribution in [1.29, 1.82) is 0 Å². The van der Waals surface area contributed by atoms with Crippen LogP contribution in [0.1, 0.15) is 25.3 Å². The van der Waals surface area contributed by atoms with Crippen molar-refractivity contribution in [1.82, 2.24) is 9.55 Å². The highest BCUT2D eigenvalue weighted by Crippen LogP contribution is 2.25. The number of fused-ring (bicyclic) bond motifs is 1. The fourth-order valence-corrected chi connectivity index (χ4v) is 4.40. The summed E-state index contributed by atoms with van der Waals surface area (Å²) in [5, 5.41) is 3.64. The standard InChI is InChI=1S/C23H25N3O3S/c1-15-9-11-17(12-10-15)24-21(27)16(2)30-23-25-20-8-4-3-7-19(20)22(28)26(23)14-18-6-5-13-29-18/h3-4,7-12,16,18H,5-6,13-14H2,1-2H3,(H,24,27)/t16-,18-/m1/s1. The maximum absolute atomic E-state index is 13.2. The summed E-state index contributed by atoms with van der Waals surface area (Å²) in [6.07, 6.45) is 1.92. The second-order valence-corrected chi connectivity index (χ2v) is 8.89. The van der Waals surface area contributed by atoms with Gasteiger partial charge in [-0.3, -0.25) is 14.2 Å². The van der Waals surface area contributed by atoms with Gasteiger partial charge in [0.1, 0.15) is 0 Å². The van der Waals surface area contributed by atoms with Gasteiger partial charge in [-0.25, -0.2) is 4.98 Å². The van der Waals surface area contributed by atoms with E-state index in [4.69, 9.17) is 9.72 Å². The number of benzene rings is 2. The Hall–Kier alpha value is -2.64. The minimum Gasteiger partial charge on any atom is -0.376 e. The highest BCUT2D eigenvalue weighted by atomic mass is 32.2. The molecule has 1 N–H and O–H groups in total. The number of aromatic nitrogens is 2. The normalized spacial score (nSPS) is 17.2. The Balaban J connectivity index is 1.60. The van der Waals surface area contributed by atoms with Crippen LogP contribution >= 0.6 is 11.8 Å². The lowest BCUT2D eigenvalue weighted by Gasteiger charge is -2.18. The Morgan fingerprint density at radius 3 is 2.77 bits per heavy atom. The Kier molecular flexibility index (Phi) is 6.20. The van der Waals surface area contributed by atoms with Gasteiger partial charge in [0.2, 0.25) is 5.91 Å². The molecule has 1 fully saturated rings. The highest BCUT2D eigenvalue weighted by molar-refractivity contribution is 8.00. The van der Waals surface area contributed by atoms with Crippen LogP contribution < -0.4 is 10.9 Å². The number of rotatable bonds is 6. The van der Waals surface area contributed by atoms with E-state index in [9.17, 15) is 9.59 Å². The summed E-state index contributed by atoms with van der Waals surface area (Å²) in [5.74, 6) is -0.130. The van der Waals surface area contributed by atoms with Gasteiger partial charge in [0.15, 0.2) is 5.16 Å². The lowest BCUT2D eigenvalue weighted by atomic mass is 10.2. The molecular formula is C23H25N3O3S. The summed E-state index contributed by atoms with van der Waals surface area (Å²) < 4.78 is 7.41. The van der Waals surface area contributed by atoms with Gasteiger partial charge in [-0.1, -0.05) is 41.6 Å². The van der Waals surface area contributed by atoms with Gasteiger partial charge in [-0.2, -0.15) is 0 Å². The Morgan fingerprint density at radius 1 is 1.27 bits per heavy atom. The molecule has 0 unspecified atom stereocenters. The van der Waals surface area contributed by atoms with Crippen molar-refractivity contribution in [3.63, 3.8) is 0 Å². The predicted molar refractivity (Wildman–Crippen MR) is 120 cm³/mol. The van der Waals surface area contributed by atoms with E-state index in [1.807, 2.05) is 56.3 Å². The molecule has 0 saturated carbocycles. The zero-order chi connectivity index (χ0) is 21.1. The number of carbonyl (C=O) groups is 1. The van der Waals surface area contributed by atoms with E-state index in [1.165, 1.54) is 11.8 Å². The number of nitrogens with zero attached hydrogens (tertiary/aromatic N) is 2. The van der Waals surface area contributed by atoms with Crippen molar-refractivity contribution >= 4 is 34.3 Å². The van der Waals surface area contributed by atoms with Crippen molar-refractivity contribution in [3.8, 4) is 0 Å². The Bertz CT molecular complexity index is 1100. The van der Waals surface area contributed by atoms with Crippen LogP contribution in [0.2, 0.25) is 0 Å². The van der Waals surface area contributed by atoms with Crippen molar-refractivity contribution in [2.45, 2.75) is 49.7 Å². The van der Waals surface area contributed by atoms with E-state index in [0.29, 0.717) is 22.6 Å². The molecule has 1 aliphatic rings. The number of anilines is 1. The number of nitrogens with one attached hydrogen (secondary N) is 1. The van der Waals surface area contributed by atoms with Crippen molar-refractivity contribution in [2.24, 2.45) is 0 Å². The number of para-hydroxylation sites is 1. The second-order valence-electron chi connectivity index (χ2n) is 7.58. The van der Waals surface area contributed by atoms with Crippen LogP contribution in [0.3, 0.4) is 0 Å². The van der Waals surface area contributed by atoms with E-state index in [2.05, 4.69) is 5.32 Å². The van der Waals surface area contributed by atoms with E-state index >= 15 is 0 Å². The molecule has 6 nitrogen and oxygen atoms in total. The second kappa shape index (κ2) is 9.02. The SMILES string of the molecule is Cc1ccc(NC(=O)[C@@H](C)Sc2nc3ccccc3c(=O)n2C[C@H]2CCCO2)cc1. The van der Waals surface area contributed by atoms with Gasteiger partial charge < -0.3 is 10.1 Å². The molecule has 0 radical (unpaired) electrons. The number of hydrogen-bond acceptors (Lipinski definition) is 5. The number of ether oxygens (including phenoxy) is 1. The third kappa shape index (κ3) is 4.57. The molecule has 0 bridgehead atoms. The molecule has 30 heavy (non-hydrogen) atoms. The molecule has 0 aliphatic carbocycles. The molecule has 7 heteroatoms. The average Bonchev–Trinajstić information content (AvgIpc) is 3.26. The molecule has 0 spiro atoms. The molecule has 1 amide bonds. The van der Waals surface area contributed by atoms with Crippen LogP contribution in [0.25, 0.3) is 10.9 Å². The third-order valence-corrected chi connectivity index (χ3v) is 6.30. The van der Waals surface area contributed by atoms with E-state index < -0.39 is 5.25 Å². The topological polar surface area (TPSA) is 73.2 Å². The third-order valence-electron chi connectivity index (χ3n) is 5.21. The maximum atomic E-state index is 13.2. The van der Waals surface area contributed by atoms with Crippen LogP contribution in [0.15, 0.2) is 58.5 Å². The fraction of sp³-hybridized carbons (Fsp3) is 0.348. The summed E-state index contributed by atoms with van der Waals surface area (Å²) in [7, 11) is 0. The van der Waals surface area contributed by atoms with E-state index in [0.717, 1.165) is 30.7 Å². The number of thioether (sulfide) groups is 1. The number of aryl methyl sites for hydroxylation is 1. The molecule has 156 valence electrons. The molecule has 4 rings (SSSR count). The molecule has 2 aromatic carbocycles. The van der Waals surface area contributed by atoms with Crippen molar-refractivity contribution in [3.05, 3.63) is 64.4 Å².